The zero-order valence-electron chi connectivity index (χ0n) is 19.8. The van der Waals surface area contributed by atoms with Crippen LogP contribution in [0.15, 0.2) is 34.9 Å². The number of hydrogen-bond acceptors (Lipinski definition) is 4. The van der Waals surface area contributed by atoms with Gasteiger partial charge in [-0.3, -0.25) is 0 Å². The number of carboxylic acids is 1. The lowest BCUT2D eigenvalue weighted by molar-refractivity contribution is -0.154. The van der Waals surface area contributed by atoms with Crippen molar-refractivity contribution in [3.8, 4) is 5.75 Å². The van der Waals surface area contributed by atoms with Crippen molar-refractivity contribution in [3.63, 3.8) is 0 Å². The summed E-state index contributed by atoms with van der Waals surface area (Å²) in [5.74, 6) is -1.60. The summed E-state index contributed by atoms with van der Waals surface area (Å²) in [6.07, 6.45) is -3.10. The second-order valence-corrected chi connectivity index (χ2v) is 8.92. The minimum absolute atomic E-state index is 0.0560. The van der Waals surface area contributed by atoms with Gasteiger partial charge in [-0.15, -0.1) is 0 Å². The highest BCUT2D eigenvalue weighted by Gasteiger charge is 2.39. The summed E-state index contributed by atoms with van der Waals surface area (Å²) in [7, 11) is 0. The van der Waals surface area contributed by atoms with Gasteiger partial charge in [0, 0.05) is 11.1 Å². The second-order valence-electron chi connectivity index (χ2n) is 8.92. The van der Waals surface area contributed by atoms with Gasteiger partial charge in [-0.2, -0.15) is 13.2 Å². The molecule has 3 rings (SSSR count). The van der Waals surface area contributed by atoms with E-state index in [-0.39, 0.29) is 16.7 Å². The lowest BCUT2D eigenvalue weighted by Gasteiger charge is -2.21. The fraction of sp³-hybridized carbons (Fsp3) is 0.462. The van der Waals surface area contributed by atoms with E-state index in [2.05, 4.69) is 23.5 Å². The molecular formula is C26H30F3NO4. The second kappa shape index (κ2) is 10.5. The molecule has 34 heavy (non-hydrogen) atoms. The number of nitrogens with zero attached hydrogens (tertiary/aromatic N) is 1. The van der Waals surface area contributed by atoms with Crippen molar-refractivity contribution < 1.29 is 32.3 Å². The predicted octanol–water partition coefficient (Wildman–Crippen LogP) is 7.15. The molecule has 0 spiro atoms. The average Bonchev–Trinajstić information content (AvgIpc) is 3.18. The Morgan fingerprint density at radius 2 is 1.76 bits per heavy atom. The molecule has 1 unspecified atom stereocenters. The van der Waals surface area contributed by atoms with Gasteiger partial charge in [0.05, 0.1) is 5.39 Å². The number of hydrogen-bond donors (Lipinski definition) is 1. The molecule has 0 aliphatic heterocycles. The number of alkyl halides is 3. The van der Waals surface area contributed by atoms with Gasteiger partial charge in [-0.05, 0) is 42.4 Å². The zero-order valence-corrected chi connectivity index (χ0v) is 19.8. The first-order valence-electron chi connectivity index (χ1n) is 11.6. The number of aromatic nitrogens is 1. The summed E-state index contributed by atoms with van der Waals surface area (Å²) in [6, 6.07) is 8.59. The topological polar surface area (TPSA) is 72.6 Å². The minimum Gasteiger partial charge on any atom is -0.478 e. The van der Waals surface area contributed by atoms with Crippen molar-refractivity contribution in [1.82, 2.24) is 5.16 Å². The molecule has 0 aliphatic rings. The van der Waals surface area contributed by atoms with Crippen molar-refractivity contribution in [2.45, 2.75) is 72.1 Å². The Kier molecular flexibility index (Phi) is 7.89. The number of carboxylic acid groups (broad SMARTS) is 1. The molecule has 1 heterocycles. The third kappa shape index (κ3) is 5.54. The van der Waals surface area contributed by atoms with Gasteiger partial charge in [0.25, 0.3) is 0 Å². The summed E-state index contributed by atoms with van der Waals surface area (Å²) in [5.41, 5.74) is 2.55. The van der Waals surface area contributed by atoms with Crippen molar-refractivity contribution in [2.24, 2.45) is 5.92 Å². The van der Waals surface area contributed by atoms with Crippen LogP contribution in [0.2, 0.25) is 0 Å². The summed E-state index contributed by atoms with van der Waals surface area (Å²) in [5, 5.41) is 13.5. The van der Waals surface area contributed by atoms with Gasteiger partial charge >= 0.3 is 12.1 Å². The van der Waals surface area contributed by atoms with Crippen LogP contribution in [0.3, 0.4) is 0 Å². The monoisotopic (exact) mass is 477 g/mol. The smallest absolute Gasteiger partial charge is 0.453 e. The maximum Gasteiger partial charge on any atom is 0.453 e. The van der Waals surface area contributed by atoms with Gasteiger partial charge in [0.2, 0.25) is 11.9 Å². The summed E-state index contributed by atoms with van der Waals surface area (Å²) >= 11 is 0. The van der Waals surface area contributed by atoms with E-state index in [0.29, 0.717) is 48.3 Å². The van der Waals surface area contributed by atoms with Gasteiger partial charge in [0.15, 0.2) is 0 Å². The molecule has 0 saturated heterocycles. The van der Waals surface area contributed by atoms with Crippen LogP contribution < -0.4 is 4.74 Å². The van der Waals surface area contributed by atoms with Gasteiger partial charge in [-0.25, -0.2) is 4.79 Å². The fourth-order valence-corrected chi connectivity index (χ4v) is 4.16. The number of aryl methyl sites for hydroxylation is 2. The Balaban J connectivity index is 2.12. The fourth-order valence-electron chi connectivity index (χ4n) is 4.16. The molecule has 184 valence electrons. The Morgan fingerprint density at radius 1 is 1.12 bits per heavy atom. The molecule has 0 radical (unpaired) electrons. The standard InChI is InChI=1S/C26H30F3NO4/c1-5-7-18-14-20-21(30-34-24(20)26(27,28)29)19(8-6-2)22(18)33-23(25(31)32)17-11-9-16(10-12-17)13-15(3)4/h9-12,14-15,23H,5-8,13H2,1-4H3,(H,31,32). The van der Waals surface area contributed by atoms with Gasteiger partial charge in [-0.1, -0.05) is 70.0 Å². The van der Waals surface area contributed by atoms with E-state index in [1.807, 2.05) is 26.0 Å². The van der Waals surface area contributed by atoms with E-state index in [1.165, 1.54) is 6.07 Å². The van der Waals surface area contributed by atoms with Crippen LogP contribution in [0.5, 0.6) is 5.75 Å². The third-order valence-corrected chi connectivity index (χ3v) is 5.56. The number of fused-ring (bicyclic) bond motifs is 1. The Morgan fingerprint density at radius 3 is 2.29 bits per heavy atom. The van der Waals surface area contributed by atoms with Gasteiger partial charge in [0.1, 0.15) is 11.3 Å². The molecule has 2 aromatic carbocycles. The highest BCUT2D eigenvalue weighted by Crippen LogP contribution is 2.42. The van der Waals surface area contributed by atoms with Crippen LogP contribution in [-0.4, -0.2) is 16.2 Å². The molecular weight excluding hydrogens is 447 g/mol. The molecule has 0 saturated carbocycles. The number of aliphatic carboxylic acids is 1. The predicted molar refractivity (Wildman–Crippen MR) is 123 cm³/mol. The molecule has 1 aromatic heterocycles. The van der Waals surface area contributed by atoms with Crippen LogP contribution in [0.4, 0.5) is 13.2 Å². The van der Waals surface area contributed by atoms with Crippen LogP contribution in [-0.2, 0) is 30.2 Å². The number of halogens is 3. The van der Waals surface area contributed by atoms with Crippen molar-refractivity contribution in [3.05, 3.63) is 58.3 Å². The number of rotatable bonds is 10. The highest BCUT2D eigenvalue weighted by molar-refractivity contribution is 5.88. The van der Waals surface area contributed by atoms with Crippen LogP contribution in [0.25, 0.3) is 10.9 Å². The zero-order chi connectivity index (χ0) is 25.0. The van der Waals surface area contributed by atoms with E-state index in [9.17, 15) is 23.1 Å². The van der Waals surface area contributed by atoms with Crippen LogP contribution in [0.1, 0.15) is 74.7 Å². The molecule has 0 fully saturated rings. The van der Waals surface area contributed by atoms with Crippen molar-refractivity contribution in [1.29, 1.82) is 0 Å². The Hall–Kier alpha value is -3.03. The normalized spacial score (nSPS) is 12.9. The molecule has 1 atom stereocenters. The van der Waals surface area contributed by atoms with Crippen molar-refractivity contribution >= 4 is 16.9 Å². The first-order chi connectivity index (χ1) is 16.1. The SMILES string of the molecule is CCCc1cc2c(C(F)(F)F)onc2c(CCC)c1OC(C(=O)O)c1ccc(CC(C)C)cc1. The lowest BCUT2D eigenvalue weighted by Crippen LogP contribution is -2.20. The first-order valence-corrected chi connectivity index (χ1v) is 11.6. The largest absolute Gasteiger partial charge is 0.478 e. The van der Waals surface area contributed by atoms with Crippen LogP contribution >= 0.6 is 0 Å². The maximum atomic E-state index is 13.5. The Labute approximate surface area is 196 Å². The van der Waals surface area contributed by atoms with E-state index < -0.39 is 24.0 Å². The Bertz CT molecular complexity index is 1130. The van der Waals surface area contributed by atoms with E-state index in [4.69, 9.17) is 4.74 Å². The highest BCUT2D eigenvalue weighted by atomic mass is 19.4. The van der Waals surface area contributed by atoms with Crippen molar-refractivity contribution in [2.75, 3.05) is 0 Å². The molecule has 0 bridgehead atoms. The lowest BCUT2D eigenvalue weighted by atomic mass is 9.96. The van der Waals surface area contributed by atoms with E-state index in [0.717, 1.165) is 12.0 Å². The first kappa shape index (κ1) is 25.6. The summed E-state index contributed by atoms with van der Waals surface area (Å²) in [4.78, 5) is 12.2. The van der Waals surface area contributed by atoms with E-state index in [1.54, 1.807) is 12.1 Å². The summed E-state index contributed by atoms with van der Waals surface area (Å²) < 4.78 is 51.3. The molecule has 5 nitrogen and oxygen atoms in total. The molecule has 8 heteroatoms. The maximum absolute atomic E-state index is 13.5. The summed E-state index contributed by atoms with van der Waals surface area (Å²) in [6.45, 7) is 7.99. The number of ether oxygens (including phenoxy) is 1. The minimum atomic E-state index is -4.69. The average molecular weight is 478 g/mol. The van der Waals surface area contributed by atoms with Crippen LogP contribution in [0, 0.1) is 5.92 Å². The third-order valence-electron chi connectivity index (χ3n) is 5.56. The number of benzene rings is 2. The van der Waals surface area contributed by atoms with E-state index >= 15 is 0 Å². The molecule has 1 N–H and O–H groups in total. The number of carbonyl (C=O) groups is 1. The quantitative estimate of drug-likeness (QED) is 0.336. The molecule has 0 aliphatic carbocycles. The van der Waals surface area contributed by atoms with Gasteiger partial charge < -0.3 is 14.4 Å². The molecule has 0 amide bonds. The molecule has 3 aromatic rings.